The molecule has 5 nitrogen and oxygen atoms in total. The Hall–Kier alpha value is -2.14. The molecular formula is C16H20N4O. The number of amides is 1. The van der Waals surface area contributed by atoms with Gasteiger partial charge in [-0.2, -0.15) is 5.10 Å². The predicted octanol–water partition coefficient (Wildman–Crippen LogP) is 1.63. The maximum absolute atomic E-state index is 11.8. The van der Waals surface area contributed by atoms with Crippen LogP contribution in [0.5, 0.6) is 0 Å². The fraction of sp³-hybridized carbons (Fsp3) is 0.375. The first-order valence-electron chi connectivity index (χ1n) is 7.41. The lowest BCUT2D eigenvalue weighted by molar-refractivity contribution is -0.121. The Kier molecular flexibility index (Phi) is 4.31. The molecule has 0 bridgehead atoms. The van der Waals surface area contributed by atoms with Crippen LogP contribution in [0, 0.1) is 0 Å². The van der Waals surface area contributed by atoms with Crippen molar-refractivity contribution in [2.45, 2.75) is 31.8 Å². The van der Waals surface area contributed by atoms with Crippen LogP contribution in [-0.4, -0.2) is 28.3 Å². The van der Waals surface area contributed by atoms with E-state index in [0.717, 1.165) is 17.8 Å². The minimum atomic E-state index is 0.0819. The lowest BCUT2D eigenvalue weighted by atomic mass is 10.1. The second-order valence-electron chi connectivity index (χ2n) is 5.33. The molecule has 5 heteroatoms. The van der Waals surface area contributed by atoms with Crippen molar-refractivity contribution in [3.05, 3.63) is 48.3 Å². The van der Waals surface area contributed by atoms with Crippen LogP contribution >= 0.6 is 0 Å². The highest BCUT2D eigenvalue weighted by molar-refractivity contribution is 5.76. The van der Waals surface area contributed by atoms with Gasteiger partial charge >= 0.3 is 0 Å². The molecule has 0 unspecified atom stereocenters. The second-order valence-corrected chi connectivity index (χ2v) is 5.33. The minimum absolute atomic E-state index is 0.0819. The molecule has 1 aromatic carbocycles. The Morgan fingerprint density at radius 3 is 2.90 bits per heavy atom. The molecule has 0 spiro atoms. The molecule has 1 aliphatic rings. The normalized spacial score (nSPS) is 14.1. The van der Waals surface area contributed by atoms with Gasteiger partial charge in [-0.05, 0) is 30.5 Å². The van der Waals surface area contributed by atoms with Crippen LogP contribution in [0.1, 0.15) is 24.8 Å². The third-order valence-corrected chi connectivity index (χ3v) is 3.58. The molecule has 2 aromatic rings. The van der Waals surface area contributed by atoms with E-state index < -0.39 is 0 Å². The van der Waals surface area contributed by atoms with Crippen molar-refractivity contribution in [1.29, 1.82) is 0 Å². The van der Waals surface area contributed by atoms with Gasteiger partial charge in [-0.3, -0.25) is 4.79 Å². The van der Waals surface area contributed by atoms with Gasteiger partial charge in [0.2, 0.25) is 5.91 Å². The number of nitrogens with one attached hydrogen (secondary N) is 2. The molecule has 3 rings (SSSR count). The van der Waals surface area contributed by atoms with Crippen molar-refractivity contribution in [2.75, 3.05) is 6.54 Å². The summed E-state index contributed by atoms with van der Waals surface area (Å²) in [5.74, 6) is 0.0819. The molecule has 0 aliphatic heterocycles. The molecule has 1 heterocycles. The molecule has 1 aromatic heterocycles. The van der Waals surface area contributed by atoms with E-state index in [0.29, 0.717) is 19.0 Å². The van der Waals surface area contributed by atoms with Crippen LogP contribution in [0.15, 0.2) is 42.7 Å². The molecule has 1 aliphatic carbocycles. The summed E-state index contributed by atoms with van der Waals surface area (Å²) in [6, 6.07) is 10.5. The van der Waals surface area contributed by atoms with Crippen molar-refractivity contribution >= 4 is 5.91 Å². The molecule has 21 heavy (non-hydrogen) atoms. The van der Waals surface area contributed by atoms with Gasteiger partial charge in [-0.1, -0.05) is 18.2 Å². The third-order valence-electron chi connectivity index (χ3n) is 3.58. The van der Waals surface area contributed by atoms with Crippen LogP contribution in [0.25, 0.3) is 5.69 Å². The zero-order chi connectivity index (χ0) is 14.5. The largest absolute Gasteiger partial charge is 0.352 e. The fourth-order valence-corrected chi connectivity index (χ4v) is 2.25. The lowest BCUT2D eigenvalue weighted by Crippen LogP contribution is -2.28. The highest BCUT2D eigenvalue weighted by Crippen LogP contribution is 2.18. The summed E-state index contributed by atoms with van der Waals surface area (Å²) >= 11 is 0. The van der Waals surface area contributed by atoms with Gasteiger partial charge in [0.25, 0.3) is 0 Å². The number of hydrogen-bond donors (Lipinski definition) is 2. The summed E-state index contributed by atoms with van der Waals surface area (Å²) in [7, 11) is 0. The summed E-state index contributed by atoms with van der Waals surface area (Å²) in [4.78, 5) is 11.8. The first-order chi connectivity index (χ1) is 10.3. The predicted molar refractivity (Wildman–Crippen MR) is 81.1 cm³/mol. The first kappa shape index (κ1) is 13.8. The zero-order valence-corrected chi connectivity index (χ0v) is 12.0. The van der Waals surface area contributed by atoms with Gasteiger partial charge in [0.05, 0.1) is 5.69 Å². The van der Waals surface area contributed by atoms with Crippen LogP contribution < -0.4 is 10.6 Å². The van der Waals surface area contributed by atoms with Crippen LogP contribution in [0.4, 0.5) is 0 Å². The topological polar surface area (TPSA) is 59.0 Å². The Morgan fingerprint density at radius 2 is 2.14 bits per heavy atom. The fourth-order valence-electron chi connectivity index (χ4n) is 2.25. The van der Waals surface area contributed by atoms with Gasteiger partial charge in [-0.25, -0.2) is 4.68 Å². The number of para-hydroxylation sites is 1. The molecule has 1 amide bonds. The van der Waals surface area contributed by atoms with Crippen molar-refractivity contribution in [1.82, 2.24) is 20.4 Å². The second kappa shape index (κ2) is 6.54. The van der Waals surface area contributed by atoms with E-state index in [2.05, 4.69) is 15.7 Å². The summed E-state index contributed by atoms with van der Waals surface area (Å²) < 4.78 is 1.82. The van der Waals surface area contributed by atoms with E-state index in [9.17, 15) is 4.79 Å². The number of carbonyl (C=O) groups excluding carboxylic acids is 1. The molecule has 110 valence electrons. The summed E-state index contributed by atoms with van der Waals surface area (Å²) in [6.45, 7) is 1.29. The van der Waals surface area contributed by atoms with Crippen LogP contribution in [0.3, 0.4) is 0 Å². The van der Waals surface area contributed by atoms with E-state index in [-0.39, 0.29) is 5.91 Å². The van der Waals surface area contributed by atoms with E-state index in [1.165, 1.54) is 12.8 Å². The maximum Gasteiger partial charge on any atom is 0.221 e. The van der Waals surface area contributed by atoms with Gasteiger partial charge in [0.15, 0.2) is 0 Å². The molecule has 0 saturated heterocycles. The van der Waals surface area contributed by atoms with Gasteiger partial charge in [0, 0.05) is 37.9 Å². The zero-order valence-electron chi connectivity index (χ0n) is 12.0. The Balaban J connectivity index is 1.53. The summed E-state index contributed by atoms with van der Waals surface area (Å²) in [5, 5.41) is 10.6. The average Bonchev–Trinajstić information content (AvgIpc) is 3.16. The Bertz CT molecular complexity index is 590. The minimum Gasteiger partial charge on any atom is -0.352 e. The van der Waals surface area contributed by atoms with Gasteiger partial charge < -0.3 is 10.6 Å². The quantitative estimate of drug-likeness (QED) is 0.812. The van der Waals surface area contributed by atoms with E-state index in [1.807, 2.05) is 41.2 Å². The highest BCUT2D eigenvalue weighted by atomic mass is 16.1. The monoisotopic (exact) mass is 284 g/mol. The van der Waals surface area contributed by atoms with Gasteiger partial charge in [0.1, 0.15) is 0 Å². The molecule has 2 N–H and O–H groups in total. The number of aromatic nitrogens is 2. The van der Waals surface area contributed by atoms with Crippen molar-refractivity contribution in [3.8, 4) is 5.69 Å². The molecule has 1 fully saturated rings. The van der Waals surface area contributed by atoms with E-state index in [4.69, 9.17) is 0 Å². The summed E-state index contributed by atoms with van der Waals surface area (Å²) in [6.07, 6.45) is 6.68. The highest BCUT2D eigenvalue weighted by Gasteiger charge is 2.20. The van der Waals surface area contributed by atoms with E-state index >= 15 is 0 Å². The standard InChI is InChI=1S/C16H20N4O/c21-16(8-10-17-14-6-7-14)18-12-13-4-1-2-5-15(13)20-11-3-9-19-20/h1-5,9,11,14,17H,6-8,10,12H2,(H,18,21). The SMILES string of the molecule is O=C(CCNC1CC1)NCc1ccccc1-n1cccn1. The molecular weight excluding hydrogens is 264 g/mol. The summed E-state index contributed by atoms with van der Waals surface area (Å²) in [5.41, 5.74) is 2.06. The number of benzene rings is 1. The molecule has 0 atom stereocenters. The van der Waals surface area contributed by atoms with Gasteiger partial charge in [-0.15, -0.1) is 0 Å². The average molecular weight is 284 g/mol. The lowest BCUT2D eigenvalue weighted by Gasteiger charge is -2.11. The number of rotatable bonds is 7. The first-order valence-corrected chi connectivity index (χ1v) is 7.41. The maximum atomic E-state index is 11.8. The number of carbonyl (C=O) groups is 1. The van der Waals surface area contributed by atoms with Crippen molar-refractivity contribution < 1.29 is 4.79 Å². The van der Waals surface area contributed by atoms with Crippen LogP contribution in [-0.2, 0) is 11.3 Å². The smallest absolute Gasteiger partial charge is 0.221 e. The van der Waals surface area contributed by atoms with Crippen molar-refractivity contribution in [3.63, 3.8) is 0 Å². The molecule has 1 saturated carbocycles. The Morgan fingerprint density at radius 1 is 1.29 bits per heavy atom. The van der Waals surface area contributed by atoms with E-state index in [1.54, 1.807) is 6.20 Å². The van der Waals surface area contributed by atoms with Crippen molar-refractivity contribution in [2.24, 2.45) is 0 Å². The Labute approximate surface area is 124 Å². The van der Waals surface area contributed by atoms with Crippen LogP contribution in [0.2, 0.25) is 0 Å². The number of hydrogen-bond acceptors (Lipinski definition) is 3. The molecule has 0 radical (unpaired) electrons. The third kappa shape index (κ3) is 3.92. The number of nitrogens with zero attached hydrogens (tertiary/aromatic N) is 2.